The normalized spacial score (nSPS) is 13.3. The molecule has 2 amide bonds. The molecule has 0 saturated carbocycles. The van der Waals surface area contributed by atoms with Crippen LogP contribution >= 0.6 is 0 Å². The van der Waals surface area contributed by atoms with Gasteiger partial charge in [0.25, 0.3) is 0 Å². The van der Waals surface area contributed by atoms with E-state index in [1.165, 1.54) is 4.90 Å². The SMILES string of the molecule is CN(Cc1ccccc1)C(=O)[C@H](CO)NC(=O)C1c2ccccc2-c2ccccc21. The highest BCUT2D eigenvalue weighted by atomic mass is 16.3. The molecule has 0 bridgehead atoms. The Kier molecular flexibility index (Phi) is 5.63. The van der Waals surface area contributed by atoms with Gasteiger partial charge in [0.2, 0.25) is 11.8 Å². The molecule has 1 atom stereocenters. The number of nitrogens with zero attached hydrogens (tertiary/aromatic N) is 1. The van der Waals surface area contributed by atoms with Crippen molar-refractivity contribution in [1.29, 1.82) is 0 Å². The molecule has 0 spiro atoms. The number of carbonyl (C=O) groups excluding carboxylic acids is 2. The molecule has 0 unspecified atom stereocenters. The van der Waals surface area contributed by atoms with E-state index in [0.717, 1.165) is 27.8 Å². The second kappa shape index (κ2) is 8.51. The van der Waals surface area contributed by atoms with Crippen LogP contribution in [0.2, 0.25) is 0 Å². The fourth-order valence-electron chi connectivity index (χ4n) is 4.08. The van der Waals surface area contributed by atoms with E-state index < -0.39 is 18.6 Å². The molecule has 30 heavy (non-hydrogen) atoms. The van der Waals surface area contributed by atoms with Gasteiger partial charge in [0, 0.05) is 13.6 Å². The zero-order valence-corrected chi connectivity index (χ0v) is 16.8. The van der Waals surface area contributed by atoms with Gasteiger partial charge < -0.3 is 15.3 Å². The average Bonchev–Trinajstić information content (AvgIpc) is 3.12. The number of rotatable bonds is 6. The first-order valence-corrected chi connectivity index (χ1v) is 9.98. The van der Waals surface area contributed by atoms with E-state index in [1.54, 1.807) is 7.05 Å². The number of hydrogen-bond donors (Lipinski definition) is 2. The minimum Gasteiger partial charge on any atom is -0.394 e. The minimum absolute atomic E-state index is 0.284. The number of aliphatic hydroxyl groups excluding tert-OH is 1. The van der Waals surface area contributed by atoms with Crippen LogP contribution in [-0.4, -0.2) is 41.5 Å². The zero-order valence-electron chi connectivity index (χ0n) is 16.8. The number of fused-ring (bicyclic) bond motifs is 3. The first-order chi connectivity index (χ1) is 14.6. The molecule has 0 fully saturated rings. The second-order valence-electron chi connectivity index (χ2n) is 7.53. The highest BCUT2D eigenvalue weighted by Crippen LogP contribution is 2.44. The van der Waals surface area contributed by atoms with E-state index >= 15 is 0 Å². The van der Waals surface area contributed by atoms with Gasteiger partial charge in [-0.15, -0.1) is 0 Å². The summed E-state index contributed by atoms with van der Waals surface area (Å²) in [5.41, 5.74) is 4.87. The monoisotopic (exact) mass is 400 g/mol. The van der Waals surface area contributed by atoms with Gasteiger partial charge in [-0.2, -0.15) is 0 Å². The highest BCUT2D eigenvalue weighted by molar-refractivity contribution is 5.98. The Bertz CT molecular complexity index is 1020. The molecule has 3 aromatic rings. The lowest BCUT2D eigenvalue weighted by Gasteiger charge is -2.25. The van der Waals surface area contributed by atoms with Crippen LogP contribution in [0.1, 0.15) is 22.6 Å². The molecule has 1 aliphatic rings. The molecule has 0 aromatic heterocycles. The standard InChI is InChI=1S/C25H24N2O3/c1-27(15-17-9-3-2-4-10-17)25(30)22(16-28)26-24(29)23-20-13-7-5-11-18(20)19-12-6-8-14-21(19)23/h2-14,22-23,28H,15-16H2,1H3,(H,26,29)/t22-/m0/s1. The third-order valence-corrected chi connectivity index (χ3v) is 5.53. The smallest absolute Gasteiger partial charge is 0.247 e. The summed E-state index contributed by atoms with van der Waals surface area (Å²) in [7, 11) is 1.67. The molecule has 5 heteroatoms. The van der Waals surface area contributed by atoms with Crippen LogP contribution in [0, 0.1) is 0 Å². The number of nitrogens with one attached hydrogen (secondary N) is 1. The van der Waals surface area contributed by atoms with Gasteiger partial charge in [-0.3, -0.25) is 9.59 Å². The van der Waals surface area contributed by atoms with Crippen LogP contribution in [0.25, 0.3) is 11.1 Å². The highest BCUT2D eigenvalue weighted by Gasteiger charge is 2.35. The largest absolute Gasteiger partial charge is 0.394 e. The summed E-state index contributed by atoms with van der Waals surface area (Å²) in [6.45, 7) is -0.0547. The van der Waals surface area contributed by atoms with Gasteiger partial charge in [0.1, 0.15) is 6.04 Å². The molecule has 0 radical (unpaired) electrons. The summed E-state index contributed by atoms with van der Waals surface area (Å²) in [4.78, 5) is 27.6. The molecule has 0 saturated heterocycles. The van der Waals surface area contributed by atoms with Gasteiger partial charge in [-0.1, -0.05) is 78.9 Å². The Morgan fingerprint density at radius 1 is 0.900 bits per heavy atom. The van der Waals surface area contributed by atoms with Gasteiger partial charge in [-0.05, 0) is 27.8 Å². The Morgan fingerprint density at radius 2 is 1.43 bits per heavy atom. The molecule has 5 nitrogen and oxygen atoms in total. The molecule has 4 rings (SSSR count). The van der Waals surface area contributed by atoms with E-state index in [9.17, 15) is 14.7 Å². The van der Waals surface area contributed by atoms with Gasteiger partial charge in [-0.25, -0.2) is 0 Å². The number of amides is 2. The van der Waals surface area contributed by atoms with Crippen LogP contribution in [0.5, 0.6) is 0 Å². The van der Waals surface area contributed by atoms with Crippen molar-refractivity contribution in [2.75, 3.05) is 13.7 Å². The summed E-state index contributed by atoms with van der Waals surface area (Å²) in [6, 6.07) is 24.2. The number of aliphatic hydroxyl groups is 1. The second-order valence-corrected chi connectivity index (χ2v) is 7.53. The van der Waals surface area contributed by atoms with Crippen molar-refractivity contribution in [3.8, 4) is 11.1 Å². The molecule has 0 heterocycles. The Morgan fingerprint density at radius 3 is 2.00 bits per heavy atom. The first kappa shape index (κ1) is 19.9. The molecule has 152 valence electrons. The van der Waals surface area contributed by atoms with Gasteiger partial charge >= 0.3 is 0 Å². The van der Waals surface area contributed by atoms with Crippen molar-refractivity contribution >= 4 is 11.8 Å². The predicted octanol–water partition coefficient (Wildman–Crippen LogP) is 2.93. The van der Waals surface area contributed by atoms with Crippen LogP contribution in [0.4, 0.5) is 0 Å². The lowest BCUT2D eigenvalue weighted by molar-refractivity contribution is -0.137. The maximum Gasteiger partial charge on any atom is 0.247 e. The van der Waals surface area contributed by atoms with E-state index in [4.69, 9.17) is 0 Å². The third-order valence-electron chi connectivity index (χ3n) is 5.53. The van der Waals surface area contributed by atoms with Crippen molar-refractivity contribution in [3.63, 3.8) is 0 Å². The van der Waals surface area contributed by atoms with E-state index in [2.05, 4.69) is 5.32 Å². The predicted molar refractivity (Wildman–Crippen MR) is 116 cm³/mol. The van der Waals surface area contributed by atoms with Crippen molar-refractivity contribution in [2.24, 2.45) is 0 Å². The van der Waals surface area contributed by atoms with Crippen molar-refractivity contribution < 1.29 is 14.7 Å². The van der Waals surface area contributed by atoms with Crippen LogP contribution in [0.15, 0.2) is 78.9 Å². The molecule has 3 aromatic carbocycles. The number of hydrogen-bond acceptors (Lipinski definition) is 3. The molecule has 2 N–H and O–H groups in total. The number of carbonyl (C=O) groups is 2. The topological polar surface area (TPSA) is 69.6 Å². The maximum atomic E-state index is 13.2. The van der Waals surface area contributed by atoms with Gasteiger partial charge in [0.05, 0.1) is 12.5 Å². The molecule has 1 aliphatic carbocycles. The van der Waals surface area contributed by atoms with Crippen LogP contribution in [-0.2, 0) is 16.1 Å². The lowest BCUT2D eigenvalue weighted by Crippen LogP contribution is -2.50. The number of benzene rings is 3. The Hall–Kier alpha value is -3.44. The minimum atomic E-state index is -0.994. The first-order valence-electron chi connectivity index (χ1n) is 9.98. The third kappa shape index (κ3) is 3.72. The quantitative estimate of drug-likeness (QED) is 0.668. The van der Waals surface area contributed by atoms with Crippen molar-refractivity contribution in [2.45, 2.75) is 18.5 Å². The molecule has 0 aliphatic heterocycles. The summed E-state index contributed by atoms with van der Waals surface area (Å²) in [6.07, 6.45) is 0. The van der Waals surface area contributed by atoms with E-state index in [0.29, 0.717) is 6.54 Å². The molecular formula is C25H24N2O3. The van der Waals surface area contributed by atoms with Crippen LogP contribution < -0.4 is 5.32 Å². The molecular weight excluding hydrogens is 376 g/mol. The Balaban J connectivity index is 1.53. The van der Waals surface area contributed by atoms with E-state index in [-0.39, 0.29) is 11.8 Å². The Labute approximate surface area is 176 Å². The van der Waals surface area contributed by atoms with Gasteiger partial charge in [0.15, 0.2) is 0 Å². The van der Waals surface area contributed by atoms with E-state index in [1.807, 2.05) is 78.9 Å². The van der Waals surface area contributed by atoms with Crippen molar-refractivity contribution in [3.05, 3.63) is 95.6 Å². The lowest BCUT2D eigenvalue weighted by atomic mass is 9.95. The maximum absolute atomic E-state index is 13.2. The summed E-state index contributed by atoms with van der Waals surface area (Å²) in [5.74, 6) is -1.11. The van der Waals surface area contributed by atoms with Crippen molar-refractivity contribution in [1.82, 2.24) is 10.2 Å². The summed E-state index contributed by atoms with van der Waals surface area (Å²) in [5, 5.41) is 12.6. The fourth-order valence-corrected chi connectivity index (χ4v) is 4.08. The summed E-state index contributed by atoms with van der Waals surface area (Å²) < 4.78 is 0. The number of likely N-dealkylation sites (N-methyl/N-ethyl adjacent to an activating group) is 1. The fraction of sp³-hybridized carbons (Fsp3) is 0.200. The average molecular weight is 400 g/mol. The zero-order chi connectivity index (χ0) is 21.1. The summed E-state index contributed by atoms with van der Waals surface area (Å²) >= 11 is 0. The van der Waals surface area contributed by atoms with Crippen LogP contribution in [0.3, 0.4) is 0 Å².